The van der Waals surface area contributed by atoms with Crippen LogP contribution in [0.2, 0.25) is 15.1 Å². The van der Waals surface area contributed by atoms with E-state index in [1.165, 1.54) is 0 Å². The molecule has 0 saturated heterocycles. The third-order valence-electron chi connectivity index (χ3n) is 4.80. The van der Waals surface area contributed by atoms with E-state index in [0.29, 0.717) is 33.6 Å². The van der Waals surface area contributed by atoms with Gasteiger partial charge in [-0.3, -0.25) is 4.79 Å². The van der Waals surface area contributed by atoms with Crippen molar-refractivity contribution < 1.29 is 4.79 Å². The Morgan fingerprint density at radius 2 is 1.60 bits per heavy atom. The molecule has 0 atom stereocenters. The molecule has 0 spiro atoms. The molecule has 3 aromatic carbocycles. The third-order valence-corrected chi connectivity index (χ3v) is 5.63. The predicted octanol–water partition coefficient (Wildman–Crippen LogP) is 6.83. The molecule has 0 saturated carbocycles. The van der Waals surface area contributed by atoms with E-state index in [0.717, 1.165) is 27.7 Å². The Hall–Kier alpha value is -2.59. The molecular weight excluding hydrogens is 439 g/mol. The Morgan fingerprint density at radius 3 is 2.37 bits per heavy atom. The van der Waals surface area contributed by atoms with Crippen LogP contribution in [-0.2, 0) is 6.42 Å². The van der Waals surface area contributed by atoms with E-state index in [1.807, 2.05) is 60.7 Å². The van der Waals surface area contributed by atoms with Crippen LogP contribution in [0.15, 0.2) is 72.8 Å². The summed E-state index contributed by atoms with van der Waals surface area (Å²) in [6.07, 6.45) is 0.606. The van der Waals surface area contributed by atoms with Crippen LogP contribution in [0, 0.1) is 0 Å². The second-order valence-corrected chi connectivity index (χ2v) is 8.10. The van der Waals surface area contributed by atoms with Gasteiger partial charge in [0.15, 0.2) is 0 Å². The first-order chi connectivity index (χ1) is 14.5. The average molecular weight is 456 g/mol. The van der Waals surface area contributed by atoms with Crippen LogP contribution >= 0.6 is 34.8 Å². The topological polar surface area (TPSA) is 42.0 Å². The van der Waals surface area contributed by atoms with E-state index in [-0.39, 0.29) is 5.91 Å². The van der Waals surface area contributed by atoms with Crippen LogP contribution in [-0.4, -0.2) is 17.4 Å². The van der Waals surface area contributed by atoms with Gasteiger partial charge in [0.1, 0.15) is 0 Å². The van der Waals surface area contributed by atoms with Crippen LogP contribution in [0.25, 0.3) is 22.2 Å². The molecule has 1 heterocycles. The minimum absolute atomic E-state index is 0.158. The molecule has 0 radical (unpaired) electrons. The maximum Gasteiger partial charge on any atom is 0.252 e. The fourth-order valence-corrected chi connectivity index (χ4v) is 3.89. The van der Waals surface area contributed by atoms with Crippen molar-refractivity contribution in [3.63, 3.8) is 0 Å². The summed E-state index contributed by atoms with van der Waals surface area (Å²) in [5, 5.41) is 5.63. The average Bonchev–Trinajstić information content (AvgIpc) is 2.75. The molecule has 4 rings (SSSR count). The fraction of sp³-hybridized carbons (Fsp3) is 0.0833. The zero-order chi connectivity index (χ0) is 21.1. The number of carbonyl (C=O) groups is 1. The molecule has 0 unspecified atom stereocenters. The molecule has 1 amide bonds. The molecule has 1 N–H and O–H groups in total. The van der Waals surface area contributed by atoms with Gasteiger partial charge in [-0.2, -0.15) is 0 Å². The molecule has 0 aliphatic rings. The highest BCUT2D eigenvalue weighted by Gasteiger charge is 2.14. The minimum atomic E-state index is -0.158. The summed E-state index contributed by atoms with van der Waals surface area (Å²) in [4.78, 5) is 17.7. The maximum absolute atomic E-state index is 13.0. The molecule has 6 heteroatoms. The van der Waals surface area contributed by atoms with Crippen molar-refractivity contribution in [3.8, 4) is 11.3 Å². The van der Waals surface area contributed by atoms with Crippen molar-refractivity contribution in [1.29, 1.82) is 0 Å². The van der Waals surface area contributed by atoms with Gasteiger partial charge >= 0.3 is 0 Å². The SMILES string of the molecule is O=C(NCCc1ccc(Cl)cc1Cl)c1cc(-c2ccc(Cl)cc2)nc2ccccc12. The number of nitrogens with zero attached hydrogens (tertiary/aromatic N) is 1. The fourth-order valence-electron chi connectivity index (χ4n) is 3.26. The number of benzene rings is 3. The van der Waals surface area contributed by atoms with Crippen LogP contribution in [0.3, 0.4) is 0 Å². The predicted molar refractivity (Wildman–Crippen MR) is 125 cm³/mol. The lowest BCUT2D eigenvalue weighted by atomic mass is 10.0. The summed E-state index contributed by atoms with van der Waals surface area (Å²) in [7, 11) is 0. The molecule has 0 aliphatic heterocycles. The summed E-state index contributed by atoms with van der Waals surface area (Å²) in [6, 6.07) is 22.2. The zero-order valence-electron chi connectivity index (χ0n) is 15.8. The van der Waals surface area contributed by atoms with Gasteiger partial charge < -0.3 is 5.32 Å². The molecule has 1 aromatic heterocycles. The van der Waals surface area contributed by atoms with Crippen molar-refractivity contribution in [2.24, 2.45) is 0 Å². The monoisotopic (exact) mass is 454 g/mol. The molecule has 3 nitrogen and oxygen atoms in total. The highest BCUT2D eigenvalue weighted by molar-refractivity contribution is 6.35. The van der Waals surface area contributed by atoms with E-state index in [1.54, 1.807) is 12.1 Å². The Morgan fingerprint density at radius 1 is 0.867 bits per heavy atom. The summed E-state index contributed by atoms with van der Waals surface area (Å²) < 4.78 is 0. The summed E-state index contributed by atoms with van der Waals surface area (Å²) >= 11 is 18.2. The lowest BCUT2D eigenvalue weighted by molar-refractivity contribution is 0.0955. The van der Waals surface area contributed by atoms with E-state index in [2.05, 4.69) is 5.32 Å². The van der Waals surface area contributed by atoms with Gasteiger partial charge in [-0.1, -0.05) is 71.2 Å². The number of hydrogen-bond donors (Lipinski definition) is 1. The quantitative estimate of drug-likeness (QED) is 0.358. The zero-order valence-corrected chi connectivity index (χ0v) is 18.1. The van der Waals surface area contributed by atoms with E-state index < -0.39 is 0 Å². The lowest BCUT2D eigenvalue weighted by Gasteiger charge is -2.11. The van der Waals surface area contributed by atoms with Crippen molar-refractivity contribution in [2.75, 3.05) is 6.54 Å². The minimum Gasteiger partial charge on any atom is -0.352 e. The van der Waals surface area contributed by atoms with Gasteiger partial charge in [-0.25, -0.2) is 4.98 Å². The number of para-hydroxylation sites is 1. The number of nitrogens with one attached hydrogen (secondary N) is 1. The molecular formula is C24H17Cl3N2O. The number of halogens is 3. The molecule has 0 fully saturated rings. The normalized spacial score (nSPS) is 10.9. The Kier molecular flexibility index (Phi) is 6.24. The Labute approximate surface area is 189 Å². The van der Waals surface area contributed by atoms with Crippen molar-refractivity contribution in [2.45, 2.75) is 6.42 Å². The van der Waals surface area contributed by atoms with Gasteiger partial charge in [0.25, 0.3) is 5.91 Å². The summed E-state index contributed by atoms with van der Waals surface area (Å²) in [5.74, 6) is -0.158. The van der Waals surface area contributed by atoms with Gasteiger partial charge in [0.05, 0.1) is 16.8 Å². The van der Waals surface area contributed by atoms with Crippen molar-refractivity contribution in [3.05, 3.63) is 99.0 Å². The highest BCUT2D eigenvalue weighted by Crippen LogP contribution is 2.26. The highest BCUT2D eigenvalue weighted by atomic mass is 35.5. The van der Waals surface area contributed by atoms with E-state index >= 15 is 0 Å². The third kappa shape index (κ3) is 4.59. The smallest absolute Gasteiger partial charge is 0.252 e. The number of aromatic nitrogens is 1. The van der Waals surface area contributed by atoms with E-state index in [4.69, 9.17) is 39.8 Å². The van der Waals surface area contributed by atoms with Crippen molar-refractivity contribution >= 4 is 51.6 Å². The summed E-state index contributed by atoms with van der Waals surface area (Å²) in [6.45, 7) is 0.452. The standard InChI is InChI=1S/C24H17Cl3N2O/c25-17-8-6-16(7-9-17)23-14-20(19-3-1-2-4-22(19)29-23)24(30)28-12-11-15-5-10-18(26)13-21(15)27/h1-10,13-14H,11-12H2,(H,28,30). The number of carbonyl (C=O) groups excluding carboxylic acids is 1. The first kappa shape index (κ1) is 20.7. The number of hydrogen-bond acceptors (Lipinski definition) is 2. The Bertz CT molecular complexity index is 1220. The Balaban J connectivity index is 1.60. The molecule has 150 valence electrons. The van der Waals surface area contributed by atoms with Gasteiger partial charge in [0.2, 0.25) is 0 Å². The second-order valence-electron chi connectivity index (χ2n) is 6.82. The number of rotatable bonds is 5. The molecule has 30 heavy (non-hydrogen) atoms. The summed E-state index contributed by atoms with van der Waals surface area (Å²) in [5.41, 5.74) is 3.88. The molecule has 0 aliphatic carbocycles. The number of fused-ring (bicyclic) bond motifs is 1. The van der Waals surface area contributed by atoms with Crippen LogP contribution in [0.4, 0.5) is 0 Å². The largest absolute Gasteiger partial charge is 0.352 e. The van der Waals surface area contributed by atoms with Gasteiger partial charge in [-0.15, -0.1) is 0 Å². The lowest BCUT2D eigenvalue weighted by Crippen LogP contribution is -2.26. The number of pyridine rings is 1. The first-order valence-corrected chi connectivity index (χ1v) is 10.5. The second kappa shape index (κ2) is 9.05. The number of amides is 1. The van der Waals surface area contributed by atoms with Crippen LogP contribution in [0.5, 0.6) is 0 Å². The molecule has 0 bridgehead atoms. The van der Waals surface area contributed by atoms with Gasteiger partial charge in [-0.05, 0) is 48.4 Å². The van der Waals surface area contributed by atoms with Crippen LogP contribution < -0.4 is 5.32 Å². The van der Waals surface area contributed by atoms with Crippen LogP contribution in [0.1, 0.15) is 15.9 Å². The van der Waals surface area contributed by atoms with Crippen molar-refractivity contribution in [1.82, 2.24) is 10.3 Å². The maximum atomic E-state index is 13.0. The van der Waals surface area contributed by atoms with E-state index in [9.17, 15) is 4.79 Å². The van der Waals surface area contributed by atoms with Gasteiger partial charge in [0, 0.05) is 32.6 Å². The molecule has 4 aromatic rings. The first-order valence-electron chi connectivity index (χ1n) is 9.39.